The molecule has 0 unspecified atom stereocenters. The number of ether oxygens (including phenoxy) is 2. The van der Waals surface area contributed by atoms with Gasteiger partial charge in [0.15, 0.2) is 0 Å². The molecule has 4 aromatic rings. The number of likely N-dealkylation sites (tertiary alicyclic amines) is 2. The van der Waals surface area contributed by atoms with Gasteiger partial charge in [-0.15, -0.1) is 0 Å². The van der Waals surface area contributed by atoms with E-state index in [4.69, 9.17) is 32.7 Å². The zero-order chi connectivity index (χ0) is 30.2. The van der Waals surface area contributed by atoms with Crippen LogP contribution in [-0.2, 0) is 13.1 Å². The monoisotopic (exact) mass is 626 g/mol. The van der Waals surface area contributed by atoms with E-state index in [0.717, 1.165) is 0 Å². The molecule has 0 bridgehead atoms. The second-order valence-electron chi connectivity index (χ2n) is 10.6. The molecule has 0 atom stereocenters. The third kappa shape index (κ3) is 6.01. The Kier molecular flexibility index (Phi) is 8.45. The average Bonchev–Trinajstić information content (AvgIpc) is 2.97. The number of hydrogen-bond acceptors (Lipinski definition) is 10. The van der Waals surface area contributed by atoms with Gasteiger partial charge in [-0.05, 0) is 12.1 Å². The SMILES string of the molecule is COc1nc(-c2cccc(-c3cc(F)cc(-c4cnc(CN5CC(O)C5)c(OC)n4)c3Cl)c2Cl)cnc1CN1CC(O)C1. The van der Waals surface area contributed by atoms with E-state index in [2.05, 4.69) is 19.9 Å². The van der Waals surface area contributed by atoms with Crippen LogP contribution in [0.1, 0.15) is 11.4 Å². The van der Waals surface area contributed by atoms with Crippen LogP contribution >= 0.6 is 23.2 Å². The lowest BCUT2D eigenvalue weighted by Gasteiger charge is -2.35. The molecule has 2 aromatic carbocycles. The quantitative estimate of drug-likeness (QED) is 0.281. The van der Waals surface area contributed by atoms with Crippen LogP contribution in [0.25, 0.3) is 33.6 Å². The molecule has 224 valence electrons. The highest BCUT2D eigenvalue weighted by molar-refractivity contribution is 6.39. The number of halogens is 3. The number of aliphatic hydroxyl groups excluding tert-OH is 2. The molecule has 0 saturated carbocycles. The van der Waals surface area contributed by atoms with Crippen molar-refractivity contribution < 1.29 is 24.1 Å². The van der Waals surface area contributed by atoms with E-state index in [0.29, 0.717) is 101 Å². The molecule has 0 radical (unpaired) electrons. The molecule has 43 heavy (non-hydrogen) atoms. The number of methoxy groups -OCH3 is 2. The van der Waals surface area contributed by atoms with Gasteiger partial charge in [0.25, 0.3) is 0 Å². The molecule has 4 heterocycles. The molecule has 0 aliphatic carbocycles. The number of nitrogens with zero attached hydrogens (tertiary/aromatic N) is 6. The molecule has 2 aromatic heterocycles. The topological polar surface area (TPSA) is 117 Å². The normalized spacial score (nSPS) is 16.2. The van der Waals surface area contributed by atoms with Crippen molar-refractivity contribution in [3.8, 4) is 45.4 Å². The number of β-amino-alcohol motifs (C(OH)–C–C–N with tert-alkyl or cyclic N) is 2. The summed E-state index contributed by atoms with van der Waals surface area (Å²) in [7, 11) is 3.01. The van der Waals surface area contributed by atoms with Gasteiger partial charge in [0.1, 0.15) is 17.2 Å². The first-order valence-electron chi connectivity index (χ1n) is 13.6. The molecular formula is C30H29Cl2FN6O4. The van der Waals surface area contributed by atoms with Crippen molar-refractivity contribution in [2.24, 2.45) is 0 Å². The first-order valence-corrected chi connectivity index (χ1v) is 14.4. The highest BCUT2D eigenvalue weighted by atomic mass is 35.5. The summed E-state index contributed by atoms with van der Waals surface area (Å²) in [5, 5.41) is 19.7. The molecule has 6 rings (SSSR count). The Morgan fingerprint density at radius 1 is 0.767 bits per heavy atom. The molecule has 2 aliphatic heterocycles. The molecular weight excluding hydrogens is 598 g/mol. The maximum atomic E-state index is 15.1. The third-order valence-corrected chi connectivity index (χ3v) is 8.32. The zero-order valence-electron chi connectivity index (χ0n) is 23.5. The summed E-state index contributed by atoms with van der Waals surface area (Å²) in [6.07, 6.45) is 2.48. The van der Waals surface area contributed by atoms with Crippen LogP contribution < -0.4 is 9.47 Å². The standard InChI is InChI=1S/C30H29Cl2FN6O4/c1-42-29-25(14-38-10-17(40)11-38)34-8-23(36-29)20-5-3-4-19(27(20)31)21-6-16(33)7-22(28(21)32)24-9-35-26(30(37-24)43-2)15-39-12-18(41)13-39/h3-9,17-18,40-41H,10-15H2,1-2H3. The second kappa shape index (κ2) is 12.3. The van der Waals surface area contributed by atoms with Gasteiger partial charge in [-0.3, -0.25) is 19.8 Å². The number of hydrogen-bond donors (Lipinski definition) is 2. The Bertz CT molecular complexity index is 1670. The van der Waals surface area contributed by atoms with Crippen molar-refractivity contribution in [2.75, 3.05) is 40.4 Å². The fourth-order valence-corrected chi connectivity index (χ4v) is 5.91. The fraction of sp³-hybridized carbons (Fsp3) is 0.333. The molecule has 0 amide bonds. The highest BCUT2D eigenvalue weighted by Gasteiger charge is 2.28. The smallest absolute Gasteiger partial charge is 0.237 e. The van der Waals surface area contributed by atoms with E-state index >= 15 is 4.39 Å². The molecule has 13 heteroatoms. The number of aliphatic hydroxyl groups is 2. The first-order chi connectivity index (χ1) is 20.7. The average molecular weight is 628 g/mol. The molecule has 2 fully saturated rings. The van der Waals surface area contributed by atoms with E-state index < -0.39 is 5.82 Å². The largest absolute Gasteiger partial charge is 0.480 e. The van der Waals surface area contributed by atoms with Crippen LogP contribution in [0.2, 0.25) is 10.0 Å². The maximum absolute atomic E-state index is 15.1. The third-order valence-electron chi connectivity index (χ3n) is 7.51. The van der Waals surface area contributed by atoms with E-state index in [-0.39, 0.29) is 17.2 Å². The summed E-state index contributed by atoms with van der Waals surface area (Å²) in [4.78, 5) is 22.3. The highest BCUT2D eigenvalue weighted by Crippen LogP contribution is 2.43. The lowest BCUT2D eigenvalue weighted by molar-refractivity contribution is -0.00422. The number of aromatic nitrogens is 4. The Morgan fingerprint density at radius 3 is 1.74 bits per heavy atom. The zero-order valence-corrected chi connectivity index (χ0v) is 25.0. The summed E-state index contributed by atoms with van der Waals surface area (Å²) < 4.78 is 26.1. The van der Waals surface area contributed by atoms with Gasteiger partial charge in [-0.2, -0.15) is 0 Å². The predicted molar refractivity (Wildman–Crippen MR) is 160 cm³/mol. The van der Waals surface area contributed by atoms with Crippen molar-refractivity contribution in [2.45, 2.75) is 25.3 Å². The lowest BCUT2D eigenvalue weighted by Crippen LogP contribution is -2.50. The summed E-state index contributed by atoms with van der Waals surface area (Å²) in [5.74, 6) is 0.118. The maximum Gasteiger partial charge on any atom is 0.237 e. The minimum Gasteiger partial charge on any atom is -0.480 e. The van der Waals surface area contributed by atoms with Crippen molar-refractivity contribution in [3.05, 3.63) is 70.0 Å². The minimum absolute atomic E-state index is 0.242. The minimum atomic E-state index is -0.530. The van der Waals surface area contributed by atoms with E-state index in [1.165, 1.54) is 32.5 Å². The first kappa shape index (κ1) is 29.6. The summed E-state index contributed by atoms with van der Waals surface area (Å²) >= 11 is 13.8. The van der Waals surface area contributed by atoms with Crippen LogP contribution in [-0.4, -0.2) is 92.6 Å². The van der Waals surface area contributed by atoms with Crippen molar-refractivity contribution >= 4 is 23.2 Å². The van der Waals surface area contributed by atoms with Gasteiger partial charge in [-0.25, -0.2) is 14.4 Å². The van der Waals surface area contributed by atoms with Crippen LogP contribution in [0.4, 0.5) is 4.39 Å². The summed E-state index contributed by atoms with van der Waals surface area (Å²) in [6, 6.07) is 7.94. The van der Waals surface area contributed by atoms with Gasteiger partial charge in [0.05, 0.1) is 60.3 Å². The fourth-order valence-electron chi connectivity index (χ4n) is 5.27. The van der Waals surface area contributed by atoms with Crippen molar-refractivity contribution in [1.82, 2.24) is 29.7 Å². The van der Waals surface area contributed by atoms with Crippen LogP contribution in [0.15, 0.2) is 42.7 Å². The van der Waals surface area contributed by atoms with Crippen molar-refractivity contribution in [3.63, 3.8) is 0 Å². The Morgan fingerprint density at radius 2 is 1.23 bits per heavy atom. The lowest BCUT2D eigenvalue weighted by atomic mass is 9.98. The molecule has 0 spiro atoms. The molecule has 2 aliphatic rings. The van der Waals surface area contributed by atoms with Crippen LogP contribution in [0, 0.1) is 5.82 Å². The molecule has 10 nitrogen and oxygen atoms in total. The van der Waals surface area contributed by atoms with E-state index in [1.54, 1.807) is 24.4 Å². The predicted octanol–water partition coefficient (Wildman–Crippen LogP) is 4.08. The van der Waals surface area contributed by atoms with E-state index in [1.807, 2.05) is 9.80 Å². The van der Waals surface area contributed by atoms with Gasteiger partial charge >= 0.3 is 0 Å². The van der Waals surface area contributed by atoms with E-state index in [9.17, 15) is 10.2 Å². The summed E-state index contributed by atoms with van der Waals surface area (Å²) in [5.41, 5.74) is 3.83. The van der Waals surface area contributed by atoms with Crippen LogP contribution in [0.5, 0.6) is 11.8 Å². The summed E-state index contributed by atoms with van der Waals surface area (Å²) in [6.45, 7) is 3.22. The Balaban J connectivity index is 1.33. The van der Waals surface area contributed by atoms with Crippen LogP contribution in [0.3, 0.4) is 0 Å². The van der Waals surface area contributed by atoms with Gasteiger partial charge < -0.3 is 19.7 Å². The second-order valence-corrected chi connectivity index (χ2v) is 11.4. The van der Waals surface area contributed by atoms with Gasteiger partial charge in [0.2, 0.25) is 11.8 Å². The van der Waals surface area contributed by atoms with Crippen molar-refractivity contribution in [1.29, 1.82) is 0 Å². The molecule has 2 saturated heterocycles. The Hall–Kier alpha value is -3.45. The Labute approximate surface area is 257 Å². The number of benzene rings is 2. The molecule has 2 N–H and O–H groups in total. The van der Waals surface area contributed by atoms with Gasteiger partial charge in [0, 0.05) is 61.5 Å². The number of rotatable bonds is 9. The van der Waals surface area contributed by atoms with Gasteiger partial charge in [-0.1, -0.05) is 41.4 Å².